The summed E-state index contributed by atoms with van der Waals surface area (Å²) in [5, 5.41) is 6.52. The second-order valence-corrected chi connectivity index (χ2v) is 11.8. The molecule has 1 aliphatic rings. The summed E-state index contributed by atoms with van der Waals surface area (Å²) in [4.78, 5) is 20.5. The Labute approximate surface area is 147 Å². The lowest BCUT2D eigenvalue weighted by molar-refractivity contribution is -0.117. The summed E-state index contributed by atoms with van der Waals surface area (Å²) in [5.41, 5.74) is 3.98. The zero-order valence-electron chi connectivity index (χ0n) is 17.0. The number of amides is 1. The van der Waals surface area contributed by atoms with E-state index in [0.717, 1.165) is 12.8 Å². The molecule has 1 aliphatic carbocycles. The molecule has 124 valence electrons. The minimum absolute atomic E-state index is 0.0357. The van der Waals surface area contributed by atoms with Gasteiger partial charge >= 0.3 is 0 Å². The molecule has 1 saturated carbocycles. The molecule has 2 aromatic rings. The molecule has 1 fully saturated rings. The summed E-state index contributed by atoms with van der Waals surface area (Å²) in [6.07, 6.45) is 4.90. The van der Waals surface area contributed by atoms with Crippen molar-refractivity contribution < 1.29 is 8.91 Å². The van der Waals surface area contributed by atoms with Gasteiger partial charge in [-0.15, -0.1) is 5.54 Å². The van der Waals surface area contributed by atoms with Crippen molar-refractivity contribution in [1.29, 1.82) is 0 Å². The minimum Gasteiger partial charge on any atom is -0.373 e. The molecule has 0 radical (unpaired) electrons. The zero-order valence-corrected chi connectivity index (χ0v) is 15.0. The zero-order chi connectivity index (χ0) is 19.8. The maximum atomic E-state index is 12.0. The fourth-order valence-corrected chi connectivity index (χ4v) is 2.74. The Balaban J connectivity index is 2.07. The Morgan fingerprint density at radius 3 is 2.75 bits per heavy atom. The van der Waals surface area contributed by atoms with Crippen LogP contribution in [-0.4, -0.2) is 30.9 Å². The molecule has 0 aromatic carbocycles. The highest BCUT2D eigenvalue weighted by Gasteiger charge is 2.29. The third-order valence-electron chi connectivity index (χ3n) is 3.66. The molecule has 0 unspecified atom stereocenters. The van der Waals surface area contributed by atoms with Gasteiger partial charge in [-0.1, -0.05) is 25.6 Å². The van der Waals surface area contributed by atoms with Gasteiger partial charge in [0.05, 0.1) is 5.56 Å². The summed E-state index contributed by atoms with van der Waals surface area (Å²) in [6, 6.07) is 1.73. The van der Waals surface area contributed by atoms with Crippen molar-refractivity contribution in [2.24, 2.45) is 5.92 Å². The minimum atomic E-state index is -2.37. The van der Waals surface area contributed by atoms with Gasteiger partial charge < -0.3 is 10.6 Å². The molecule has 0 spiro atoms. The predicted octanol–water partition coefficient (Wildman–Crippen LogP) is 3.25. The first-order valence-electron chi connectivity index (χ1n) is 9.43. The number of carbonyl (C=O) groups excluding carboxylic acids is 1. The van der Waals surface area contributed by atoms with Gasteiger partial charge in [-0.25, -0.2) is 9.97 Å². The van der Waals surface area contributed by atoms with E-state index in [1.807, 2.05) is 0 Å². The smallest absolute Gasteiger partial charge is 0.228 e. The van der Waals surface area contributed by atoms with Crippen molar-refractivity contribution in [2.45, 2.75) is 32.5 Å². The molecule has 2 N–H and O–H groups in total. The number of anilines is 2. The monoisotopic (exact) mass is 341 g/mol. The Morgan fingerprint density at radius 2 is 2.08 bits per heavy atom. The van der Waals surface area contributed by atoms with E-state index in [4.69, 9.17) is 4.11 Å². The van der Waals surface area contributed by atoms with Crippen molar-refractivity contribution >= 4 is 36.4 Å². The van der Waals surface area contributed by atoms with E-state index < -0.39 is 15.0 Å². The van der Waals surface area contributed by atoms with E-state index in [1.54, 1.807) is 12.3 Å². The summed E-state index contributed by atoms with van der Waals surface area (Å²) in [5.74, 6) is 3.86. The summed E-state index contributed by atoms with van der Waals surface area (Å²) < 4.78 is 22.3. The first-order valence-corrected chi connectivity index (χ1v) is 11.4. The molecule has 3 rings (SSSR count). The van der Waals surface area contributed by atoms with Gasteiger partial charge in [0.1, 0.15) is 19.7 Å². The van der Waals surface area contributed by atoms with Crippen LogP contribution in [0.3, 0.4) is 0 Å². The second-order valence-electron chi connectivity index (χ2n) is 7.02. The third-order valence-corrected chi connectivity index (χ3v) is 4.54. The van der Waals surface area contributed by atoms with E-state index in [0.29, 0.717) is 22.2 Å². The van der Waals surface area contributed by atoms with Crippen LogP contribution in [0.5, 0.6) is 0 Å². The average Bonchev–Trinajstić information content (AvgIpc) is 3.36. The van der Waals surface area contributed by atoms with Crippen LogP contribution >= 0.6 is 0 Å². The van der Waals surface area contributed by atoms with Crippen LogP contribution in [0.2, 0.25) is 19.6 Å². The van der Waals surface area contributed by atoms with E-state index >= 15 is 0 Å². The molecular weight excluding hydrogens is 316 g/mol. The second kappa shape index (κ2) is 6.25. The normalized spacial score (nSPS) is 16.4. The maximum absolute atomic E-state index is 12.0. The highest BCUT2D eigenvalue weighted by Crippen LogP contribution is 2.31. The Kier molecular flexibility index (Phi) is 3.37. The van der Waals surface area contributed by atoms with Gasteiger partial charge in [0.15, 0.2) is 0 Å². The number of nitrogens with zero attached hydrogens (tertiary/aromatic N) is 2. The number of fused-ring (bicyclic) bond motifs is 1. The van der Waals surface area contributed by atoms with Gasteiger partial charge in [-0.3, -0.25) is 4.79 Å². The number of hydrogen-bond donors (Lipinski definition) is 2. The van der Waals surface area contributed by atoms with Crippen molar-refractivity contribution in [3.63, 3.8) is 0 Å². The fourth-order valence-electron chi connectivity index (χ4n) is 2.23. The van der Waals surface area contributed by atoms with E-state index in [9.17, 15) is 4.79 Å². The van der Waals surface area contributed by atoms with Crippen LogP contribution in [0.25, 0.3) is 10.8 Å². The molecule has 1 amide bonds. The molecule has 0 aliphatic heterocycles. The van der Waals surface area contributed by atoms with Gasteiger partial charge in [0.2, 0.25) is 5.91 Å². The van der Waals surface area contributed by atoms with Crippen LogP contribution in [0.15, 0.2) is 18.5 Å². The fraction of sp³-hybridized carbons (Fsp3) is 0.389. The lowest BCUT2D eigenvalue weighted by Gasteiger charge is -2.10. The quantitative estimate of drug-likeness (QED) is 0.664. The van der Waals surface area contributed by atoms with E-state index in [2.05, 4.69) is 51.7 Å². The average molecular weight is 342 g/mol. The molecule has 0 bridgehead atoms. The number of pyridine rings is 2. The highest BCUT2D eigenvalue weighted by molar-refractivity contribution is 6.83. The number of carbonyl (C=O) groups is 1. The number of hydrogen-bond acceptors (Lipinski definition) is 4. The molecule has 6 heteroatoms. The standard InChI is InChI=1S/C18H22N4OSi/c1-19-17-15-11-20-16(22-18(23)12-5-6-12)9-14(15)13(10-21-17)7-8-24(2,3)4/h9-12H,5-6H2,1-4H3,(H,19,21)(H,20,22,23)/i1D3. The highest BCUT2D eigenvalue weighted by atomic mass is 28.3. The van der Waals surface area contributed by atoms with Crippen LogP contribution in [0, 0.1) is 17.4 Å². The maximum Gasteiger partial charge on any atom is 0.228 e. The van der Waals surface area contributed by atoms with Crippen LogP contribution < -0.4 is 10.6 Å². The van der Waals surface area contributed by atoms with Crippen molar-refractivity contribution in [3.05, 3.63) is 24.0 Å². The summed E-state index contributed by atoms with van der Waals surface area (Å²) in [6.45, 7) is 4.05. The molecule has 24 heavy (non-hydrogen) atoms. The van der Waals surface area contributed by atoms with Gasteiger partial charge in [-0.05, 0) is 18.9 Å². The van der Waals surface area contributed by atoms with Crippen LogP contribution in [0.1, 0.15) is 22.5 Å². The molecule has 2 aromatic heterocycles. The lowest BCUT2D eigenvalue weighted by Crippen LogP contribution is -2.16. The molecule has 0 saturated heterocycles. The SMILES string of the molecule is [2H]C([2H])([2H])Nc1ncc(C#C[Si](C)(C)C)c2cc(NC(=O)C3CC3)ncc12. The third kappa shape index (κ3) is 3.74. The Bertz CT molecular complexity index is 953. The van der Waals surface area contributed by atoms with Crippen LogP contribution in [0.4, 0.5) is 11.6 Å². The van der Waals surface area contributed by atoms with Crippen molar-refractivity contribution in [3.8, 4) is 11.5 Å². The first kappa shape index (κ1) is 13.0. The molecule has 2 heterocycles. The lowest BCUT2D eigenvalue weighted by atomic mass is 10.1. The van der Waals surface area contributed by atoms with Crippen molar-refractivity contribution in [1.82, 2.24) is 9.97 Å². The van der Waals surface area contributed by atoms with E-state index in [-0.39, 0.29) is 17.6 Å². The Hall–Kier alpha value is -2.39. The molecule has 5 nitrogen and oxygen atoms in total. The molecule has 0 atom stereocenters. The predicted molar refractivity (Wildman–Crippen MR) is 101 cm³/mol. The van der Waals surface area contributed by atoms with E-state index in [1.165, 1.54) is 6.20 Å². The number of nitrogens with one attached hydrogen (secondary N) is 2. The van der Waals surface area contributed by atoms with Gasteiger partial charge in [0.25, 0.3) is 0 Å². The van der Waals surface area contributed by atoms with Gasteiger partial charge in [0, 0.05) is 40.2 Å². The number of rotatable bonds is 3. The topological polar surface area (TPSA) is 66.9 Å². The summed E-state index contributed by atoms with van der Waals surface area (Å²) in [7, 11) is -1.61. The van der Waals surface area contributed by atoms with Crippen LogP contribution in [-0.2, 0) is 4.79 Å². The van der Waals surface area contributed by atoms with Gasteiger partial charge in [-0.2, -0.15) is 0 Å². The number of aromatic nitrogens is 2. The first-order chi connectivity index (χ1) is 12.5. The Morgan fingerprint density at radius 1 is 1.29 bits per heavy atom. The van der Waals surface area contributed by atoms with Crippen molar-refractivity contribution in [2.75, 3.05) is 17.6 Å². The summed E-state index contributed by atoms with van der Waals surface area (Å²) >= 11 is 0. The largest absolute Gasteiger partial charge is 0.373 e. The molecular formula is C18H22N4OSi.